The molecule has 0 spiro atoms. The zero-order chi connectivity index (χ0) is 20.1. The minimum Gasteiger partial charge on any atom is -0.335 e. The van der Waals surface area contributed by atoms with Gasteiger partial charge < -0.3 is 9.80 Å². The second kappa shape index (κ2) is 9.07. The molecule has 0 aliphatic rings. The van der Waals surface area contributed by atoms with Crippen molar-refractivity contribution in [1.82, 2.24) is 24.6 Å². The maximum absolute atomic E-state index is 13.8. The molecular formula is C20H24FN5OS. The highest BCUT2D eigenvalue weighted by atomic mass is 32.1. The van der Waals surface area contributed by atoms with Crippen molar-refractivity contribution in [1.29, 1.82) is 0 Å². The molecule has 1 amide bonds. The first-order chi connectivity index (χ1) is 13.5. The molecule has 8 heteroatoms. The number of hydrogen-bond acceptors (Lipinski definition) is 5. The van der Waals surface area contributed by atoms with Gasteiger partial charge in [-0.3, -0.25) is 4.79 Å². The van der Waals surface area contributed by atoms with E-state index in [-0.39, 0.29) is 17.5 Å². The predicted octanol–water partition coefficient (Wildman–Crippen LogP) is 3.55. The van der Waals surface area contributed by atoms with Crippen LogP contribution in [0, 0.1) is 5.82 Å². The van der Waals surface area contributed by atoms with Crippen LogP contribution in [0.1, 0.15) is 24.0 Å². The van der Waals surface area contributed by atoms with Gasteiger partial charge in [-0.05, 0) is 50.2 Å². The van der Waals surface area contributed by atoms with Gasteiger partial charge in [0.15, 0.2) is 5.82 Å². The summed E-state index contributed by atoms with van der Waals surface area (Å²) in [5, 5.41) is 6.38. The number of nitrogens with zero attached hydrogens (tertiary/aromatic N) is 5. The highest BCUT2D eigenvalue weighted by Crippen LogP contribution is 2.26. The third kappa shape index (κ3) is 4.63. The highest BCUT2D eigenvalue weighted by molar-refractivity contribution is 7.13. The number of carbonyl (C=O) groups is 1. The molecule has 0 aliphatic heterocycles. The van der Waals surface area contributed by atoms with E-state index in [0.29, 0.717) is 24.6 Å². The lowest BCUT2D eigenvalue weighted by molar-refractivity contribution is 0.0733. The summed E-state index contributed by atoms with van der Waals surface area (Å²) in [5.74, 6) is 0.0844. The molecular weight excluding hydrogens is 377 g/mol. The number of halogens is 1. The summed E-state index contributed by atoms with van der Waals surface area (Å²) in [6.45, 7) is 4.03. The van der Waals surface area contributed by atoms with Gasteiger partial charge in [-0.15, -0.1) is 16.4 Å². The normalized spacial score (nSPS) is 11.2. The van der Waals surface area contributed by atoms with Crippen LogP contribution in [0.3, 0.4) is 0 Å². The summed E-state index contributed by atoms with van der Waals surface area (Å²) in [4.78, 5) is 22.3. The van der Waals surface area contributed by atoms with Gasteiger partial charge in [0.1, 0.15) is 5.82 Å². The lowest BCUT2D eigenvalue weighted by Gasteiger charge is -2.22. The van der Waals surface area contributed by atoms with E-state index in [0.717, 1.165) is 17.8 Å². The maximum Gasteiger partial charge on any atom is 0.293 e. The fourth-order valence-electron chi connectivity index (χ4n) is 2.80. The fraction of sp³-hybridized carbons (Fsp3) is 0.350. The minimum absolute atomic E-state index is 0.125. The number of thiophene rings is 1. The SMILES string of the molecule is CCCN(CCN(C)C)C(=O)c1nc(-c2cccs2)n(-c2cccc(F)c2)n1. The third-order valence-electron chi connectivity index (χ3n) is 4.19. The molecule has 0 unspecified atom stereocenters. The van der Waals surface area contributed by atoms with E-state index in [9.17, 15) is 9.18 Å². The van der Waals surface area contributed by atoms with Crippen molar-refractivity contribution in [2.45, 2.75) is 13.3 Å². The summed E-state index contributed by atoms with van der Waals surface area (Å²) >= 11 is 1.50. The quantitative estimate of drug-likeness (QED) is 0.579. The Morgan fingerprint density at radius 3 is 2.64 bits per heavy atom. The zero-order valence-corrected chi connectivity index (χ0v) is 17.1. The van der Waals surface area contributed by atoms with Gasteiger partial charge >= 0.3 is 0 Å². The molecule has 2 aromatic heterocycles. The largest absolute Gasteiger partial charge is 0.335 e. The number of carbonyl (C=O) groups excluding carboxylic acids is 1. The molecule has 0 saturated heterocycles. The van der Waals surface area contributed by atoms with Crippen LogP contribution >= 0.6 is 11.3 Å². The Balaban J connectivity index is 1.99. The Morgan fingerprint density at radius 2 is 2.00 bits per heavy atom. The molecule has 0 N–H and O–H groups in total. The number of amides is 1. The zero-order valence-electron chi connectivity index (χ0n) is 16.3. The highest BCUT2D eigenvalue weighted by Gasteiger charge is 2.23. The van der Waals surface area contributed by atoms with Crippen molar-refractivity contribution in [3.8, 4) is 16.4 Å². The van der Waals surface area contributed by atoms with Crippen molar-refractivity contribution in [2.75, 3.05) is 33.7 Å². The molecule has 2 heterocycles. The molecule has 0 aliphatic carbocycles. The molecule has 6 nitrogen and oxygen atoms in total. The van der Waals surface area contributed by atoms with Gasteiger partial charge in [0.05, 0.1) is 10.6 Å². The monoisotopic (exact) mass is 401 g/mol. The van der Waals surface area contributed by atoms with Crippen molar-refractivity contribution >= 4 is 17.2 Å². The van der Waals surface area contributed by atoms with E-state index in [1.165, 1.54) is 28.2 Å². The Morgan fingerprint density at radius 1 is 1.18 bits per heavy atom. The second-order valence-corrected chi connectivity index (χ2v) is 7.67. The lowest BCUT2D eigenvalue weighted by atomic mass is 10.3. The van der Waals surface area contributed by atoms with E-state index < -0.39 is 0 Å². The number of hydrogen-bond donors (Lipinski definition) is 0. The summed E-state index contributed by atoms with van der Waals surface area (Å²) in [6, 6.07) is 9.95. The predicted molar refractivity (Wildman–Crippen MR) is 109 cm³/mol. The third-order valence-corrected chi connectivity index (χ3v) is 5.06. The molecule has 3 aromatic rings. The first-order valence-corrected chi connectivity index (χ1v) is 10.1. The first-order valence-electron chi connectivity index (χ1n) is 9.20. The van der Waals surface area contributed by atoms with Gasteiger partial charge in [-0.2, -0.15) is 0 Å². The summed E-state index contributed by atoms with van der Waals surface area (Å²) < 4.78 is 15.3. The van der Waals surface area contributed by atoms with Gasteiger partial charge in [0.25, 0.3) is 5.91 Å². The average molecular weight is 402 g/mol. The maximum atomic E-state index is 13.8. The number of aromatic nitrogens is 3. The number of likely N-dealkylation sites (N-methyl/N-ethyl adjacent to an activating group) is 1. The van der Waals surface area contributed by atoms with E-state index in [2.05, 4.69) is 10.1 Å². The Bertz CT molecular complexity index is 923. The van der Waals surface area contributed by atoms with Crippen LogP contribution in [0.5, 0.6) is 0 Å². The molecule has 28 heavy (non-hydrogen) atoms. The van der Waals surface area contributed by atoms with Crippen LogP contribution in [0.25, 0.3) is 16.4 Å². The lowest BCUT2D eigenvalue weighted by Crippen LogP contribution is -2.37. The van der Waals surface area contributed by atoms with E-state index in [1.54, 1.807) is 17.0 Å². The molecule has 1 aromatic carbocycles. The Labute approximate surface area is 168 Å². The molecule has 0 atom stereocenters. The smallest absolute Gasteiger partial charge is 0.293 e. The van der Waals surface area contributed by atoms with E-state index in [1.807, 2.05) is 43.4 Å². The summed E-state index contributed by atoms with van der Waals surface area (Å²) in [5.41, 5.74) is 0.533. The molecule has 0 radical (unpaired) electrons. The molecule has 0 saturated carbocycles. The van der Waals surface area contributed by atoms with Crippen molar-refractivity contribution < 1.29 is 9.18 Å². The Kier molecular flexibility index (Phi) is 6.53. The van der Waals surface area contributed by atoms with Crippen LogP contribution in [0.2, 0.25) is 0 Å². The number of rotatable bonds is 8. The van der Waals surface area contributed by atoms with Crippen LogP contribution in [0.4, 0.5) is 4.39 Å². The minimum atomic E-state index is -0.364. The van der Waals surface area contributed by atoms with Crippen LogP contribution < -0.4 is 0 Å². The molecule has 0 bridgehead atoms. The molecule has 3 rings (SSSR count). The van der Waals surface area contributed by atoms with Gasteiger partial charge in [-0.1, -0.05) is 19.1 Å². The Hall–Kier alpha value is -2.58. The summed E-state index contributed by atoms with van der Waals surface area (Å²) in [6.07, 6.45) is 0.849. The molecule has 0 fully saturated rings. The number of benzene rings is 1. The van der Waals surface area contributed by atoms with Crippen molar-refractivity contribution in [3.05, 3.63) is 53.4 Å². The molecule has 148 valence electrons. The van der Waals surface area contributed by atoms with E-state index >= 15 is 0 Å². The summed E-state index contributed by atoms with van der Waals surface area (Å²) in [7, 11) is 3.95. The van der Waals surface area contributed by atoms with Crippen LogP contribution in [-0.4, -0.2) is 64.2 Å². The van der Waals surface area contributed by atoms with Gasteiger partial charge in [0.2, 0.25) is 5.82 Å². The fourth-order valence-corrected chi connectivity index (χ4v) is 3.50. The van der Waals surface area contributed by atoms with E-state index in [4.69, 9.17) is 0 Å². The van der Waals surface area contributed by atoms with Gasteiger partial charge in [-0.25, -0.2) is 14.1 Å². The standard InChI is InChI=1S/C20H24FN5OS/c1-4-10-25(12-11-24(2)3)20(27)18-22-19(17-9-6-13-28-17)26(23-18)16-8-5-7-15(21)14-16/h5-9,13-14H,4,10-12H2,1-3H3. The van der Waals surface area contributed by atoms with Crippen LogP contribution in [0.15, 0.2) is 41.8 Å². The first kappa shape index (κ1) is 20.2. The van der Waals surface area contributed by atoms with Crippen molar-refractivity contribution in [2.24, 2.45) is 0 Å². The van der Waals surface area contributed by atoms with Crippen molar-refractivity contribution in [3.63, 3.8) is 0 Å². The topological polar surface area (TPSA) is 54.3 Å². The van der Waals surface area contributed by atoms with Crippen LogP contribution in [-0.2, 0) is 0 Å². The van der Waals surface area contributed by atoms with Gasteiger partial charge in [0, 0.05) is 19.6 Å². The second-order valence-electron chi connectivity index (χ2n) is 6.72. The average Bonchev–Trinajstić information content (AvgIpc) is 3.33.